The van der Waals surface area contributed by atoms with Gasteiger partial charge in [0.15, 0.2) is 0 Å². The summed E-state index contributed by atoms with van der Waals surface area (Å²) >= 11 is 1.39. The first-order valence-electron chi connectivity index (χ1n) is 7.50. The van der Waals surface area contributed by atoms with E-state index in [-0.39, 0.29) is 12.4 Å². The number of sulfonamides is 1. The Kier molecular flexibility index (Phi) is 5.90. The van der Waals surface area contributed by atoms with Gasteiger partial charge in [-0.05, 0) is 31.9 Å². The van der Waals surface area contributed by atoms with Crippen molar-refractivity contribution in [1.82, 2.24) is 14.5 Å². The second kappa shape index (κ2) is 7.15. The Morgan fingerprint density at radius 3 is 2.50 bits per heavy atom. The lowest BCUT2D eigenvalue weighted by molar-refractivity contribution is 0.179. The van der Waals surface area contributed by atoms with Gasteiger partial charge < -0.3 is 5.32 Å². The minimum Gasteiger partial charge on any atom is -0.314 e. The molecule has 0 saturated carbocycles. The molecular weight excluding hydrogens is 342 g/mol. The van der Waals surface area contributed by atoms with Crippen LogP contribution in [0.5, 0.6) is 0 Å². The van der Waals surface area contributed by atoms with E-state index in [9.17, 15) is 8.42 Å². The number of rotatable bonds is 3. The van der Waals surface area contributed by atoms with Crippen LogP contribution in [0.15, 0.2) is 10.3 Å². The minimum atomic E-state index is -3.30. The molecule has 5 nitrogen and oxygen atoms in total. The molecule has 1 unspecified atom stereocenters. The quantitative estimate of drug-likeness (QED) is 0.881. The number of nitrogens with zero attached hydrogens (tertiary/aromatic N) is 2. The summed E-state index contributed by atoms with van der Waals surface area (Å²) in [4.78, 5) is 3.52. The van der Waals surface area contributed by atoms with Crippen molar-refractivity contribution >= 4 is 33.8 Å². The summed E-state index contributed by atoms with van der Waals surface area (Å²) < 4.78 is 27.6. The van der Waals surface area contributed by atoms with Gasteiger partial charge in [0.05, 0.1) is 0 Å². The molecule has 0 aromatic carbocycles. The maximum absolute atomic E-state index is 12.7. The maximum atomic E-state index is 12.7. The van der Waals surface area contributed by atoms with Gasteiger partial charge in [-0.1, -0.05) is 0 Å². The molecular formula is C14H24ClN3O2S2. The van der Waals surface area contributed by atoms with Gasteiger partial charge in [-0.3, -0.25) is 4.90 Å². The molecule has 3 heterocycles. The Morgan fingerprint density at radius 2 is 1.91 bits per heavy atom. The number of hydrogen-bond donors (Lipinski definition) is 1. The summed E-state index contributed by atoms with van der Waals surface area (Å²) in [5.41, 5.74) is 1.07. The lowest BCUT2D eigenvalue weighted by atomic mass is 10.2. The highest BCUT2D eigenvalue weighted by atomic mass is 35.5. The summed E-state index contributed by atoms with van der Waals surface area (Å²) in [6.07, 6.45) is 0.947. The Bertz CT molecular complexity index is 592. The number of thiophene rings is 1. The Hall–Kier alpha value is -0.180. The van der Waals surface area contributed by atoms with E-state index in [0.717, 1.165) is 43.0 Å². The fraction of sp³-hybridized carbons (Fsp3) is 0.714. The lowest BCUT2D eigenvalue weighted by Gasteiger charge is -2.32. The third kappa shape index (κ3) is 3.49. The van der Waals surface area contributed by atoms with E-state index in [4.69, 9.17) is 0 Å². The van der Waals surface area contributed by atoms with Crippen molar-refractivity contribution < 1.29 is 8.42 Å². The molecule has 2 aliphatic heterocycles. The van der Waals surface area contributed by atoms with Crippen molar-refractivity contribution in [1.29, 1.82) is 0 Å². The molecule has 3 rings (SSSR count). The standard InChI is InChI=1S/C14H23N3O2S2.ClH/c1-11-9-14(20-12(11)2)21(18,19)17-6-3-13(10-17)16-7-4-15-5-8-16;/h9,13,15H,3-8,10H2,1-2H3;1H. The fourth-order valence-electron chi connectivity index (χ4n) is 3.07. The highest BCUT2D eigenvalue weighted by Crippen LogP contribution is 2.30. The SMILES string of the molecule is Cc1cc(S(=O)(=O)N2CCC(N3CCNCC3)C2)sc1C.Cl. The van der Waals surface area contributed by atoms with Crippen LogP contribution >= 0.6 is 23.7 Å². The molecule has 8 heteroatoms. The molecule has 1 aromatic rings. The number of aryl methyl sites for hydroxylation is 2. The summed E-state index contributed by atoms with van der Waals surface area (Å²) in [6, 6.07) is 2.19. The lowest BCUT2D eigenvalue weighted by Crippen LogP contribution is -2.49. The highest BCUT2D eigenvalue weighted by molar-refractivity contribution is 7.91. The van der Waals surface area contributed by atoms with Gasteiger partial charge >= 0.3 is 0 Å². The second-order valence-corrected chi connectivity index (χ2v) is 9.32. The normalized spacial score (nSPS) is 24.4. The van der Waals surface area contributed by atoms with Crippen LogP contribution in [0.4, 0.5) is 0 Å². The summed E-state index contributed by atoms with van der Waals surface area (Å²) in [5, 5.41) is 3.34. The van der Waals surface area contributed by atoms with Gasteiger partial charge in [-0.25, -0.2) is 8.42 Å². The van der Waals surface area contributed by atoms with Crippen LogP contribution in [-0.4, -0.2) is 62.9 Å². The van der Waals surface area contributed by atoms with Gasteiger partial charge in [-0.2, -0.15) is 4.31 Å². The second-order valence-electron chi connectivity index (χ2n) is 5.90. The molecule has 0 bridgehead atoms. The Morgan fingerprint density at radius 1 is 1.23 bits per heavy atom. The van der Waals surface area contributed by atoms with E-state index in [1.807, 2.05) is 19.9 Å². The molecule has 2 aliphatic rings. The predicted molar refractivity (Wildman–Crippen MR) is 92.6 cm³/mol. The number of nitrogens with one attached hydrogen (secondary N) is 1. The molecule has 1 N–H and O–H groups in total. The maximum Gasteiger partial charge on any atom is 0.252 e. The summed E-state index contributed by atoms with van der Waals surface area (Å²) in [5.74, 6) is 0. The molecule has 0 spiro atoms. The van der Waals surface area contributed by atoms with Crippen LogP contribution in [0, 0.1) is 13.8 Å². The van der Waals surface area contributed by atoms with Crippen LogP contribution in [-0.2, 0) is 10.0 Å². The van der Waals surface area contributed by atoms with E-state index in [1.54, 1.807) is 4.31 Å². The molecule has 0 aliphatic carbocycles. The zero-order valence-corrected chi connectivity index (χ0v) is 15.5. The molecule has 1 aromatic heterocycles. The average molecular weight is 366 g/mol. The van der Waals surface area contributed by atoms with Gasteiger partial charge in [0.25, 0.3) is 10.0 Å². The third-order valence-electron chi connectivity index (χ3n) is 4.53. The van der Waals surface area contributed by atoms with Crippen LogP contribution in [0.25, 0.3) is 0 Å². The molecule has 22 heavy (non-hydrogen) atoms. The molecule has 126 valence electrons. The van der Waals surface area contributed by atoms with Crippen LogP contribution < -0.4 is 5.32 Å². The van der Waals surface area contributed by atoms with Gasteiger partial charge in [0.2, 0.25) is 0 Å². The van der Waals surface area contributed by atoms with E-state index >= 15 is 0 Å². The zero-order chi connectivity index (χ0) is 15.0. The van der Waals surface area contributed by atoms with Crippen molar-refractivity contribution in [3.8, 4) is 0 Å². The first-order valence-corrected chi connectivity index (χ1v) is 9.76. The van der Waals surface area contributed by atoms with E-state index in [0.29, 0.717) is 23.3 Å². The molecule has 2 fully saturated rings. The van der Waals surface area contributed by atoms with Crippen molar-refractivity contribution in [3.63, 3.8) is 0 Å². The minimum absolute atomic E-state index is 0. The smallest absolute Gasteiger partial charge is 0.252 e. The van der Waals surface area contributed by atoms with Crippen molar-refractivity contribution in [2.75, 3.05) is 39.3 Å². The van der Waals surface area contributed by atoms with Crippen molar-refractivity contribution in [2.45, 2.75) is 30.5 Å². The topological polar surface area (TPSA) is 52.7 Å². The van der Waals surface area contributed by atoms with E-state index in [2.05, 4.69) is 10.2 Å². The van der Waals surface area contributed by atoms with Crippen LogP contribution in [0.1, 0.15) is 16.9 Å². The van der Waals surface area contributed by atoms with E-state index in [1.165, 1.54) is 11.3 Å². The van der Waals surface area contributed by atoms with E-state index < -0.39 is 10.0 Å². The average Bonchev–Trinajstić information content (AvgIpc) is 3.09. The fourth-order valence-corrected chi connectivity index (χ4v) is 6.23. The predicted octanol–water partition coefficient (Wildman–Crippen LogP) is 1.45. The highest BCUT2D eigenvalue weighted by Gasteiger charge is 2.36. The molecule has 0 amide bonds. The molecule has 0 radical (unpaired) electrons. The monoisotopic (exact) mass is 365 g/mol. The van der Waals surface area contributed by atoms with Crippen molar-refractivity contribution in [3.05, 3.63) is 16.5 Å². The Labute approximate surface area is 143 Å². The summed E-state index contributed by atoms with van der Waals surface area (Å²) in [7, 11) is -3.30. The summed E-state index contributed by atoms with van der Waals surface area (Å²) in [6.45, 7) is 9.29. The van der Waals surface area contributed by atoms with Crippen molar-refractivity contribution in [2.24, 2.45) is 0 Å². The molecule has 2 saturated heterocycles. The number of hydrogen-bond acceptors (Lipinski definition) is 5. The number of halogens is 1. The largest absolute Gasteiger partial charge is 0.314 e. The first-order chi connectivity index (χ1) is 9.98. The van der Waals surface area contributed by atoms with Crippen LogP contribution in [0.2, 0.25) is 0 Å². The van der Waals surface area contributed by atoms with Gasteiger partial charge in [-0.15, -0.1) is 23.7 Å². The first kappa shape index (κ1) is 18.2. The Balaban J connectivity index is 0.00000176. The van der Waals surface area contributed by atoms with Gasteiger partial charge in [0, 0.05) is 50.2 Å². The third-order valence-corrected chi connectivity index (χ3v) is 8.00. The van der Waals surface area contributed by atoms with Crippen LogP contribution in [0.3, 0.4) is 0 Å². The van der Waals surface area contributed by atoms with Gasteiger partial charge in [0.1, 0.15) is 4.21 Å². The molecule has 1 atom stereocenters. The zero-order valence-electron chi connectivity index (χ0n) is 13.0. The number of piperazine rings is 1.